The average molecular weight is 639 g/mol. The smallest absolute Gasteiger partial charge is 0.417 e. The summed E-state index contributed by atoms with van der Waals surface area (Å²) in [5, 5.41) is 3.78. The molecule has 1 aromatic rings. The highest BCUT2D eigenvalue weighted by Gasteiger charge is 2.48. The molecule has 5 rings (SSSR count). The lowest BCUT2D eigenvalue weighted by Crippen LogP contribution is -2.51. The van der Waals surface area contributed by atoms with Gasteiger partial charge in [-0.05, 0) is 89.7 Å². The van der Waals surface area contributed by atoms with E-state index in [2.05, 4.69) is 10.3 Å². The minimum Gasteiger partial charge on any atom is -0.444 e. The molecule has 1 aliphatic carbocycles. The number of carbonyl (C=O) groups is 2. The fourth-order valence-corrected chi connectivity index (χ4v) is 7.54. The van der Waals surface area contributed by atoms with Crippen molar-refractivity contribution in [3.05, 3.63) is 29.1 Å². The summed E-state index contributed by atoms with van der Waals surface area (Å²) in [7, 11) is 1.69. The van der Waals surface area contributed by atoms with Crippen molar-refractivity contribution in [1.29, 1.82) is 0 Å². The molecule has 3 fully saturated rings. The molecule has 1 unspecified atom stereocenters. The highest BCUT2D eigenvalue weighted by atomic mass is 19.4. The number of hydrogen-bond donors (Lipinski definition) is 1. The second-order valence-electron chi connectivity index (χ2n) is 14.4. The number of methoxy groups -OCH3 is 1. The van der Waals surface area contributed by atoms with Gasteiger partial charge in [0.2, 0.25) is 5.91 Å². The highest BCUT2D eigenvalue weighted by Crippen LogP contribution is 2.46. The number of piperidine rings is 1. The fraction of sp³-hybridized carbons (Fsp3) is 0.788. The second kappa shape index (κ2) is 13.7. The normalized spacial score (nSPS) is 28.2. The Labute approximate surface area is 264 Å². The molecule has 1 saturated carbocycles. The third-order valence-corrected chi connectivity index (χ3v) is 10.1. The lowest BCUT2D eigenvalue weighted by atomic mass is 9.76. The minimum atomic E-state index is -4.48. The van der Waals surface area contributed by atoms with Crippen LogP contribution in [0.5, 0.6) is 0 Å². The van der Waals surface area contributed by atoms with Crippen molar-refractivity contribution >= 4 is 12.0 Å². The van der Waals surface area contributed by atoms with E-state index in [1.54, 1.807) is 16.9 Å². The highest BCUT2D eigenvalue weighted by molar-refractivity contribution is 5.83. The molecule has 4 atom stereocenters. The zero-order valence-corrected chi connectivity index (χ0v) is 27.1. The molecular weight excluding hydrogens is 589 g/mol. The van der Waals surface area contributed by atoms with Gasteiger partial charge in [-0.2, -0.15) is 13.2 Å². The molecule has 4 heterocycles. The van der Waals surface area contributed by atoms with Crippen molar-refractivity contribution < 1.29 is 37.0 Å². The van der Waals surface area contributed by atoms with Crippen LogP contribution in [-0.4, -0.2) is 90.5 Å². The molecule has 0 bridgehead atoms. The minimum absolute atomic E-state index is 0.0383. The maximum absolute atomic E-state index is 14.5. The molecule has 1 N–H and O–H groups in total. The Morgan fingerprint density at radius 3 is 2.56 bits per heavy atom. The van der Waals surface area contributed by atoms with E-state index >= 15 is 0 Å². The van der Waals surface area contributed by atoms with Crippen molar-refractivity contribution in [3.63, 3.8) is 0 Å². The van der Waals surface area contributed by atoms with Crippen LogP contribution in [0.2, 0.25) is 0 Å². The van der Waals surface area contributed by atoms with Gasteiger partial charge >= 0.3 is 12.3 Å². The summed E-state index contributed by atoms with van der Waals surface area (Å²) in [5.41, 5.74) is -0.806. The monoisotopic (exact) mass is 638 g/mol. The molecule has 2 amide bonds. The maximum Gasteiger partial charge on any atom is 0.417 e. The van der Waals surface area contributed by atoms with E-state index in [1.807, 2.05) is 20.8 Å². The molecular formula is C33H49F3N4O5. The van der Waals surface area contributed by atoms with E-state index in [-0.39, 0.29) is 36.7 Å². The van der Waals surface area contributed by atoms with Crippen LogP contribution in [0.3, 0.4) is 0 Å². The van der Waals surface area contributed by atoms with Gasteiger partial charge in [0.1, 0.15) is 5.60 Å². The van der Waals surface area contributed by atoms with Crippen molar-refractivity contribution in [3.8, 4) is 0 Å². The number of rotatable bonds is 7. The van der Waals surface area contributed by atoms with Crippen LogP contribution in [-0.2, 0) is 38.1 Å². The summed E-state index contributed by atoms with van der Waals surface area (Å²) >= 11 is 0. The van der Waals surface area contributed by atoms with E-state index in [0.29, 0.717) is 69.3 Å². The van der Waals surface area contributed by atoms with Crippen molar-refractivity contribution in [2.45, 2.75) is 115 Å². The number of likely N-dealkylation sites (tertiary alicyclic amines) is 1. The summed E-state index contributed by atoms with van der Waals surface area (Å²) < 4.78 is 57.2. The van der Waals surface area contributed by atoms with Crippen LogP contribution in [0.25, 0.3) is 0 Å². The lowest BCUT2D eigenvalue weighted by molar-refractivity contribution is -0.144. The fourth-order valence-electron chi connectivity index (χ4n) is 7.54. The predicted octanol–water partition coefficient (Wildman–Crippen LogP) is 5.34. The molecule has 1 aromatic heterocycles. The molecule has 9 nitrogen and oxygen atoms in total. The van der Waals surface area contributed by atoms with Gasteiger partial charge in [-0.15, -0.1) is 0 Å². The maximum atomic E-state index is 14.5. The van der Waals surface area contributed by atoms with Crippen LogP contribution in [0, 0.1) is 11.3 Å². The van der Waals surface area contributed by atoms with E-state index in [1.165, 1.54) is 0 Å². The zero-order valence-electron chi connectivity index (χ0n) is 27.1. The SMILES string of the molecule is COC1COCC[C@@H]1N[C@@H]1CC[C@](CCC2CCN(C(=O)OC(C)(C)C)CC2)(C(=O)N2CCc3ncc(C(F)(F)F)cc3C2)C1. The number of ether oxygens (including phenoxy) is 3. The Hall–Kier alpha value is -2.44. The van der Waals surface area contributed by atoms with E-state index in [0.717, 1.165) is 50.8 Å². The topological polar surface area (TPSA) is 93.2 Å². The number of halogens is 3. The number of fused-ring (bicyclic) bond motifs is 1. The lowest BCUT2D eigenvalue weighted by Gasteiger charge is -2.39. The predicted molar refractivity (Wildman–Crippen MR) is 161 cm³/mol. The summed E-state index contributed by atoms with van der Waals surface area (Å²) in [6.07, 6.45) is 2.90. The number of nitrogens with zero attached hydrogens (tertiary/aromatic N) is 3. The van der Waals surface area contributed by atoms with E-state index in [4.69, 9.17) is 14.2 Å². The van der Waals surface area contributed by atoms with Gasteiger partial charge < -0.3 is 29.3 Å². The molecule has 4 aliphatic rings. The van der Waals surface area contributed by atoms with Crippen molar-refractivity contribution in [2.24, 2.45) is 11.3 Å². The van der Waals surface area contributed by atoms with Crippen LogP contribution in [0.1, 0.15) is 89.0 Å². The number of carbonyl (C=O) groups excluding carboxylic acids is 2. The van der Waals surface area contributed by atoms with Crippen LogP contribution >= 0.6 is 0 Å². The number of pyridine rings is 1. The number of hydrogen-bond acceptors (Lipinski definition) is 7. The third-order valence-electron chi connectivity index (χ3n) is 10.1. The Morgan fingerprint density at radius 2 is 1.87 bits per heavy atom. The van der Waals surface area contributed by atoms with Crippen LogP contribution < -0.4 is 5.32 Å². The Morgan fingerprint density at radius 1 is 1.11 bits per heavy atom. The van der Waals surface area contributed by atoms with Gasteiger partial charge in [-0.25, -0.2) is 4.79 Å². The van der Waals surface area contributed by atoms with Gasteiger partial charge in [0.25, 0.3) is 0 Å². The first-order chi connectivity index (χ1) is 21.3. The molecule has 2 saturated heterocycles. The molecule has 0 spiro atoms. The summed E-state index contributed by atoms with van der Waals surface area (Å²) in [4.78, 5) is 34.7. The molecule has 12 heteroatoms. The Balaban J connectivity index is 1.27. The summed E-state index contributed by atoms with van der Waals surface area (Å²) in [5.74, 6) is 0.422. The molecule has 3 aliphatic heterocycles. The number of aromatic nitrogens is 1. The van der Waals surface area contributed by atoms with Gasteiger partial charge in [0.05, 0.1) is 23.7 Å². The third kappa shape index (κ3) is 8.29. The zero-order chi connectivity index (χ0) is 32.4. The van der Waals surface area contributed by atoms with Gasteiger partial charge in [0, 0.05) is 70.3 Å². The average Bonchev–Trinajstić information content (AvgIpc) is 3.42. The first-order valence-electron chi connectivity index (χ1n) is 16.5. The van der Waals surface area contributed by atoms with Gasteiger partial charge in [-0.1, -0.05) is 0 Å². The molecule has 252 valence electrons. The first kappa shape index (κ1) is 33.9. The molecule has 45 heavy (non-hydrogen) atoms. The molecule has 0 aromatic carbocycles. The van der Waals surface area contributed by atoms with E-state index < -0.39 is 22.8 Å². The first-order valence-corrected chi connectivity index (χ1v) is 16.5. The van der Waals surface area contributed by atoms with Crippen molar-refractivity contribution in [1.82, 2.24) is 20.1 Å². The molecule has 0 radical (unpaired) electrons. The quantitative estimate of drug-likeness (QED) is 0.431. The number of nitrogens with one attached hydrogen (secondary N) is 1. The summed E-state index contributed by atoms with van der Waals surface area (Å²) in [6, 6.07) is 1.44. The van der Waals surface area contributed by atoms with Crippen LogP contribution in [0.4, 0.5) is 18.0 Å². The number of amides is 2. The van der Waals surface area contributed by atoms with E-state index in [9.17, 15) is 22.8 Å². The van der Waals surface area contributed by atoms with Crippen LogP contribution in [0.15, 0.2) is 12.3 Å². The summed E-state index contributed by atoms with van der Waals surface area (Å²) in [6.45, 7) is 8.64. The van der Waals surface area contributed by atoms with Gasteiger partial charge in [-0.3, -0.25) is 9.78 Å². The standard InChI is InChI=1S/C33H49F3N4O5/c1-31(2,3)45-30(42)39-13-7-22(8-14-39)5-11-32(12-6-25(18-32)38-27-10-16-44-21-28(27)43-4)29(41)40-15-9-26-23(20-40)17-24(19-37-26)33(34,35)36/h17,19,22,25,27-28,38H,5-16,18,20-21H2,1-4H3/t25-,27+,28?,32+/m1/s1. The van der Waals surface area contributed by atoms with Crippen molar-refractivity contribution in [2.75, 3.05) is 40.0 Å². The largest absolute Gasteiger partial charge is 0.444 e. The second-order valence-corrected chi connectivity index (χ2v) is 14.4. The Bertz CT molecular complexity index is 1200. The number of alkyl halides is 3. The van der Waals surface area contributed by atoms with Gasteiger partial charge in [0.15, 0.2) is 0 Å². The Kier molecular flexibility index (Phi) is 10.3.